The largest absolute Gasteiger partial charge is 0.497 e. The summed E-state index contributed by atoms with van der Waals surface area (Å²) in [5.41, 5.74) is 1.91. The Hall–Kier alpha value is -3.23. The molecular weight excluding hydrogens is 464 g/mol. The van der Waals surface area contributed by atoms with Gasteiger partial charge in [0.1, 0.15) is 5.75 Å². The molecule has 1 aliphatic rings. The summed E-state index contributed by atoms with van der Waals surface area (Å²) in [5, 5.41) is 1.94. The topological polar surface area (TPSA) is 60.5 Å². The smallest absolute Gasteiger partial charge is 0.268 e. The number of hydrogen-bond acceptors (Lipinski definition) is 7. The Kier molecular flexibility index (Phi) is 8.15. The Morgan fingerprint density at radius 3 is 2.34 bits per heavy atom. The highest BCUT2D eigenvalue weighted by molar-refractivity contribution is 7.12. The van der Waals surface area contributed by atoms with Gasteiger partial charge < -0.3 is 23.8 Å². The number of thiophene rings is 1. The molecule has 1 fully saturated rings. The number of nitrogens with zero attached hydrogens (tertiary/aromatic N) is 2. The normalized spacial score (nSPS) is 14.4. The highest BCUT2D eigenvalue weighted by Gasteiger charge is 2.31. The number of ether oxygens (including phenoxy) is 4. The molecule has 2 heterocycles. The summed E-state index contributed by atoms with van der Waals surface area (Å²) in [7, 11) is 6.53. The van der Waals surface area contributed by atoms with Crippen LogP contribution in [0.5, 0.6) is 23.0 Å². The van der Waals surface area contributed by atoms with Gasteiger partial charge in [-0.05, 0) is 42.5 Å². The van der Waals surface area contributed by atoms with Crippen LogP contribution in [0.2, 0.25) is 0 Å². The van der Waals surface area contributed by atoms with Crippen LogP contribution in [0.3, 0.4) is 0 Å². The average Bonchev–Trinajstić information content (AvgIpc) is 3.44. The SMILES string of the molecule is COc1cccc(N(C(=O)c2cccs2)C2CCN(Cc3ccc(OC)c(OC)c3OC)CC2)c1. The van der Waals surface area contributed by atoms with Gasteiger partial charge in [-0.3, -0.25) is 9.69 Å². The molecule has 0 radical (unpaired) electrons. The fourth-order valence-electron chi connectivity index (χ4n) is 4.64. The van der Waals surface area contributed by atoms with Gasteiger partial charge in [-0.1, -0.05) is 18.2 Å². The van der Waals surface area contributed by atoms with E-state index in [9.17, 15) is 4.79 Å². The molecule has 4 rings (SSSR count). The maximum Gasteiger partial charge on any atom is 0.268 e. The molecule has 0 N–H and O–H groups in total. The van der Waals surface area contributed by atoms with Gasteiger partial charge in [-0.2, -0.15) is 0 Å². The molecule has 0 atom stereocenters. The second kappa shape index (κ2) is 11.5. The monoisotopic (exact) mass is 496 g/mol. The number of benzene rings is 2. The number of methoxy groups -OCH3 is 4. The molecule has 8 heteroatoms. The third-order valence-electron chi connectivity index (χ3n) is 6.38. The van der Waals surface area contributed by atoms with Crippen LogP contribution in [0.4, 0.5) is 5.69 Å². The molecule has 35 heavy (non-hydrogen) atoms. The molecule has 3 aromatic rings. The Balaban J connectivity index is 1.52. The summed E-state index contributed by atoms with van der Waals surface area (Å²) in [6, 6.07) is 15.6. The van der Waals surface area contributed by atoms with Gasteiger partial charge in [0.15, 0.2) is 11.5 Å². The maximum atomic E-state index is 13.5. The maximum absolute atomic E-state index is 13.5. The molecule has 0 spiro atoms. The van der Waals surface area contributed by atoms with Crippen molar-refractivity contribution in [3.05, 3.63) is 64.4 Å². The van der Waals surface area contributed by atoms with E-state index in [1.165, 1.54) is 11.3 Å². The van der Waals surface area contributed by atoms with Crippen molar-refractivity contribution < 1.29 is 23.7 Å². The van der Waals surface area contributed by atoms with E-state index in [0.29, 0.717) is 17.2 Å². The van der Waals surface area contributed by atoms with Gasteiger partial charge in [-0.25, -0.2) is 0 Å². The van der Waals surface area contributed by atoms with E-state index in [1.807, 2.05) is 58.8 Å². The van der Waals surface area contributed by atoms with Gasteiger partial charge in [0.2, 0.25) is 5.75 Å². The Morgan fingerprint density at radius 2 is 1.71 bits per heavy atom. The van der Waals surface area contributed by atoms with Crippen LogP contribution in [0.25, 0.3) is 0 Å². The van der Waals surface area contributed by atoms with Crippen LogP contribution >= 0.6 is 11.3 Å². The van der Waals surface area contributed by atoms with Crippen molar-refractivity contribution in [3.8, 4) is 23.0 Å². The molecule has 0 unspecified atom stereocenters. The minimum absolute atomic E-state index is 0.0354. The first-order valence-electron chi connectivity index (χ1n) is 11.6. The van der Waals surface area contributed by atoms with Crippen molar-refractivity contribution >= 4 is 22.9 Å². The standard InChI is InChI=1S/C27H32N2O5S/c1-31-22-8-5-7-21(17-22)29(27(30)24-9-6-16-35-24)20-12-14-28(15-13-20)18-19-10-11-23(32-2)26(34-4)25(19)33-3/h5-11,16-17,20H,12-15,18H2,1-4H3. The Labute approximate surface area is 210 Å². The molecule has 0 bridgehead atoms. The number of hydrogen-bond donors (Lipinski definition) is 0. The highest BCUT2D eigenvalue weighted by Crippen LogP contribution is 2.40. The molecule has 0 aliphatic carbocycles. The van der Waals surface area contributed by atoms with Crippen LogP contribution in [0, 0.1) is 0 Å². The van der Waals surface area contributed by atoms with Gasteiger partial charge >= 0.3 is 0 Å². The van der Waals surface area contributed by atoms with E-state index < -0.39 is 0 Å². The van der Waals surface area contributed by atoms with Gasteiger partial charge in [0.05, 0.1) is 33.3 Å². The Morgan fingerprint density at radius 1 is 0.943 bits per heavy atom. The lowest BCUT2D eigenvalue weighted by atomic mass is 10.0. The number of carbonyl (C=O) groups excluding carboxylic acids is 1. The average molecular weight is 497 g/mol. The lowest BCUT2D eigenvalue weighted by Gasteiger charge is -2.38. The van der Waals surface area contributed by atoms with Gasteiger partial charge in [-0.15, -0.1) is 11.3 Å². The Bertz CT molecular complexity index is 1130. The van der Waals surface area contributed by atoms with E-state index in [4.69, 9.17) is 18.9 Å². The van der Waals surface area contributed by atoms with E-state index in [-0.39, 0.29) is 11.9 Å². The molecule has 1 saturated heterocycles. The van der Waals surface area contributed by atoms with Gasteiger partial charge in [0.25, 0.3) is 5.91 Å². The lowest BCUT2D eigenvalue weighted by molar-refractivity contribution is 0.0962. The number of likely N-dealkylation sites (tertiary alicyclic amines) is 1. The zero-order chi connectivity index (χ0) is 24.8. The first-order chi connectivity index (χ1) is 17.1. The minimum atomic E-state index is 0.0354. The number of rotatable bonds is 9. The minimum Gasteiger partial charge on any atom is -0.497 e. The number of piperidine rings is 1. The predicted molar refractivity (Wildman–Crippen MR) is 139 cm³/mol. The van der Waals surface area contributed by atoms with Crippen molar-refractivity contribution in [2.24, 2.45) is 0 Å². The van der Waals surface area contributed by atoms with Crippen molar-refractivity contribution in [2.75, 3.05) is 46.4 Å². The summed E-state index contributed by atoms with van der Waals surface area (Å²) in [4.78, 5) is 18.6. The quantitative estimate of drug-likeness (QED) is 0.411. The van der Waals surface area contributed by atoms with Crippen LogP contribution in [-0.2, 0) is 6.54 Å². The van der Waals surface area contributed by atoms with Gasteiger partial charge in [0, 0.05) is 43.0 Å². The number of carbonyl (C=O) groups is 1. The fraction of sp³-hybridized carbons (Fsp3) is 0.370. The summed E-state index contributed by atoms with van der Waals surface area (Å²) >= 11 is 1.47. The number of anilines is 1. The molecule has 7 nitrogen and oxygen atoms in total. The predicted octanol–water partition coefficient (Wildman–Crippen LogP) is 5.09. The van der Waals surface area contributed by atoms with Crippen LogP contribution in [0.1, 0.15) is 28.1 Å². The molecule has 1 aliphatic heterocycles. The molecule has 1 aromatic heterocycles. The second-order valence-corrected chi connectivity index (χ2v) is 9.30. The lowest BCUT2D eigenvalue weighted by Crippen LogP contribution is -2.47. The van der Waals surface area contributed by atoms with E-state index in [2.05, 4.69) is 4.90 Å². The van der Waals surface area contributed by atoms with Crippen molar-refractivity contribution in [1.29, 1.82) is 0 Å². The summed E-state index contributed by atoms with van der Waals surface area (Å²) in [6.07, 6.45) is 1.73. The molecule has 186 valence electrons. The zero-order valence-electron chi connectivity index (χ0n) is 20.7. The fourth-order valence-corrected chi connectivity index (χ4v) is 5.30. The summed E-state index contributed by atoms with van der Waals surface area (Å²) < 4.78 is 22.1. The van der Waals surface area contributed by atoms with E-state index in [0.717, 1.165) is 54.4 Å². The molecule has 2 aromatic carbocycles. The van der Waals surface area contributed by atoms with E-state index >= 15 is 0 Å². The van der Waals surface area contributed by atoms with Crippen LogP contribution in [-0.4, -0.2) is 58.4 Å². The summed E-state index contributed by atoms with van der Waals surface area (Å²) in [6.45, 7) is 2.45. The van der Waals surface area contributed by atoms with Crippen LogP contribution in [0.15, 0.2) is 53.9 Å². The van der Waals surface area contributed by atoms with Crippen LogP contribution < -0.4 is 23.8 Å². The van der Waals surface area contributed by atoms with Crippen molar-refractivity contribution in [2.45, 2.75) is 25.4 Å². The molecule has 0 saturated carbocycles. The third-order valence-corrected chi connectivity index (χ3v) is 7.24. The third kappa shape index (κ3) is 5.39. The molecular formula is C27H32N2O5S. The van der Waals surface area contributed by atoms with E-state index in [1.54, 1.807) is 28.4 Å². The second-order valence-electron chi connectivity index (χ2n) is 8.35. The zero-order valence-corrected chi connectivity index (χ0v) is 21.5. The number of amides is 1. The molecule has 1 amide bonds. The first-order valence-corrected chi connectivity index (χ1v) is 12.5. The first kappa shape index (κ1) is 24.9. The van der Waals surface area contributed by atoms with Crippen molar-refractivity contribution in [3.63, 3.8) is 0 Å². The highest BCUT2D eigenvalue weighted by atomic mass is 32.1. The summed E-state index contributed by atoms with van der Waals surface area (Å²) in [5.74, 6) is 2.72. The van der Waals surface area contributed by atoms with Crippen molar-refractivity contribution in [1.82, 2.24) is 4.90 Å².